The van der Waals surface area contributed by atoms with Gasteiger partial charge in [-0.3, -0.25) is 0 Å². The molecule has 3 aliphatic rings. The first-order valence-electron chi connectivity index (χ1n) is 8.65. The molecule has 0 aromatic heterocycles. The average Bonchev–Trinajstić information content (AvgIpc) is 2.90. The van der Waals surface area contributed by atoms with Crippen LogP contribution in [0.4, 0.5) is 0 Å². The van der Waals surface area contributed by atoms with Gasteiger partial charge in [-0.05, 0) is 60.7 Å². The predicted molar refractivity (Wildman–Crippen MR) is 84.5 cm³/mol. The van der Waals surface area contributed by atoms with Crippen LogP contribution in [0, 0.1) is 28.1 Å². The minimum absolute atomic E-state index is 0.340. The van der Waals surface area contributed by atoms with Crippen LogP contribution in [0.1, 0.15) is 73.1 Å². The van der Waals surface area contributed by atoms with Crippen molar-refractivity contribution in [1.29, 1.82) is 0 Å². The van der Waals surface area contributed by atoms with Crippen molar-refractivity contribution >= 4 is 0 Å². The first-order valence-corrected chi connectivity index (χ1v) is 8.65. The summed E-state index contributed by atoms with van der Waals surface area (Å²) in [6, 6.07) is 0. The Morgan fingerprint density at radius 3 is 2.50 bits per heavy atom. The van der Waals surface area contributed by atoms with Gasteiger partial charge in [0.05, 0.1) is 0 Å². The smallest absolute Gasteiger partial charge is 0.0496 e. The second kappa shape index (κ2) is 4.35. The third-order valence-electron chi connectivity index (χ3n) is 7.50. The molecule has 114 valence electrons. The number of aliphatic hydroxyl groups is 1. The fraction of sp³-hybridized carbons (Fsp3) is 0.895. The van der Waals surface area contributed by atoms with E-state index in [0.29, 0.717) is 28.8 Å². The van der Waals surface area contributed by atoms with Crippen LogP contribution in [0.5, 0.6) is 0 Å². The lowest BCUT2D eigenvalue weighted by molar-refractivity contribution is 0.0790. The molecule has 3 aliphatic carbocycles. The summed E-state index contributed by atoms with van der Waals surface area (Å²) in [5, 5.41) is 9.83. The molecule has 2 fully saturated rings. The van der Waals surface area contributed by atoms with E-state index in [0.717, 1.165) is 12.3 Å². The van der Waals surface area contributed by atoms with Crippen LogP contribution in [-0.2, 0) is 0 Å². The van der Waals surface area contributed by atoms with Crippen molar-refractivity contribution in [2.45, 2.75) is 73.1 Å². The van der Waals surface area contributed by atoms with Gasteiger partial charge < -0.3 is 5.11 Å². The van der Waals surface area contributed by atoms with E-state index in [4.69, 9.17) is 0 Å². The predicted octanol–water partition coefficient (Wildman–Crippen LogP) is 4.95. The number of rotatable bonds is 3. The standard InChI is InChI=1S/C19H32O/c1-6-13(12-20)15-8-9-17(2,3)19-10-7-14(11-19)18(4,5)16(15)19/h13-14,20H,6-12H2,1-5H3. The van der Waals surface area contributed by atoms with E-state index in [2.05, 4.69) is 34.6 Å². The minimum Gasteiger partial charge on any atom is -0.396 e. The molecule has 0 amide bonds. The lowest BCUT2D eigenvalue weighted by atomic mass is 9.51. The van der Waals surface area contributed by atoms with Crippen molar-refractivity contribution in [3.05, 3.63) is 11.1 Å². The van der Waals surface area contributed by atoms with Gasteiger partial charge in [0.15, 0.2) is 0 Å². The number of hydrogen-bond donors (Lipinski definition) is 1. The fourth-order valence-electron chi connectivity index (χ4n) is 6.09. The molecule has 1 heteroatoms. The molecule has 1 N–H and O–H groups in total. The molecule has 0 radical (unpaired) electrons. The molecule has 20 heavy (non-hydrogen) atoms. The summed E-state index contributed by atoms with van der Waals surface area (Å²) in [7, 11) is 0. The van der Waals surface area contributed by atoms with E-state index in [9.17, 15) is 5.11 Å². The number of hydrogen-bond acceptors (Lipinski definition) is 1. The Morgan fingerprint density at radius 1 is 1.20 bits per heavy atom. The third-order valence-corrected chi connectivity index (χ3v) is 7.50. The fourth-order valence-corrected chi connectivity index (χ4v) is 6.09. The summed E-state index contributed by atoms with van der Waals surface area (Å²) in [6.45, 7) is 12.6. The van der Waals surface area contributed by atoms with Gasteiger partial charge in [0.2, 0.25) is 0 Å². The molecule has 0 saturated heterocycles. The third kappa shape index (κ3) is 1.59. The molecule has 3 unspecified atom stereocenters. The van der Waals surface area contributed by atoms with E-state index in [1.165, 1.54) is 32.1 Å². The Balaban J connectivity index is 2.19. The summed E-state index contributed by atoms with van der Waals surface area (Å²) in [5.74, 6) is 1.29. The minimum atomic E-state index is 0.340. The molecule has 0 heterocycles. The summed E-state index contributed by atoms with van der Waals surface area (Å²) in [4.78, 5) is 0. The highest BCUT2D eigenvalue weighted by molar-refractivity contribution is 5.41. The Bertz CT molecular complexity index is 439. The van der Waals surface area contributed by atoms with Gasteiger partial charge in [-0.2, -0.15) is 0 Å². The normalized spacial score (nSPS) is 39.0. The summed E-state index contributed by atoms with van der Waals surface area (Å²) >= 11 is 0. The Kier molecular flexibility index (Phi) is 3.18. The van der Waals surface area contributed by atoms with Crippen molar-refractivity contribution < 1.29 is 5.11 Å². The topological polar surface area (TPSA) is 20.2 Å². The summed E-state index contributed by atoms with van der Waals surface area (Å²) < 4.78 is 0. The summed E-state index contributed by atoms with van der Waals surface area (Å²) in [6.07, 6.45) is 7.85. The zero-order chi connectivity index (χ0) is 14.8. The Hall–Kier alpha value is -0.300. The van der Waals surface area contributed by atoms with Gasteiger partial charge in [-0.1, -0.05) is 45.8 Å². The first kappa shape index (κ1) is 14.6. The number of fused-ring (bicyclic) bond motifs is 1. The molecule has 0 aromatic rings. The molecule has 3 atom stereocenters. The molecular formula is C19H32O. The van der Waals surface area contributed by atoms with Gasteiger partial charge in [0.25, 0.3) is 0 Å². The van der Waals surface area contributed by atoms with Crippen molar-refractivity contribution in [2.24, 2.45) is 28.1 Å². The highest BCUT2D eigenvalue weighted by Gasteiger charge is 2.65. The maximum absolute atomic E-state index is 9.83. The lowest BCUT2D eigenvalue weighted by Gasteiger charge is -2.53. The first-order chi connectivity index (χ1) is 9.30. The zero-order valence-electron chi connectivity index (χ0n) is 14.1. The SMILES string of the molecule is CCC(CO)C1=C2C(C)(C)C3CCC2(C3)C(C)(C)CC1. The largest absolute Gasteiger partial charge is 0.396 e. The van der Waals surface area contributed by atoms with Crippen molar-refractivity contribution in [3.8, 4) is 0 Å². The monoisotopic (exact) mass is 276 g/mol. The second-order valence-corrected chi connectivity index (χ2v) is 8.82. The average molecular weight is 276 g/mol. The lowest BCUT2D eigenvalue weighted by Crippen LogP contribution is -2.44. The van der Waals surface area contributed by atoms with Gasteiger partial charge in [-0.25, -0.2) is 0 Å². The highest BCUT2D eigenvalue weighted by Crippen LogP contribution is 2.75. The van der Waals surface area contributed by atoms with Crippen LogP contribution >= 0.6 is 0 Å². The van der Waals surface area contributed by atoms with Crippen molar-refractivity contribution in [3.63, 3.8) is 0 Å². The van der Waals surface area contributed by atoms with Crippen LogP contribution in [0.3, 0.4) is 0 Å². The van der Waals surface area contributed by atoms with Crippen molar-refractivity contribution in [1.82, 2.24) is 0 Å². The number of aliphatic hydroxyl groups excluding tert-OH is 1. The quantitative estimate of drug-likeness (QED) is 0.723. The molecule has 0 aliphatic heterocycles. The van der Waals surface area contributed by atoms with Crippen molar-refractivity contribution in [2.75, 3.05) is 6.61 Å². The molecule has 2 saturated carbocycles. The molecule has 1 nitrogen and oxygen atoms in total. The van der Waals surface area contributed by atoms with Crippen LogP contribution in [0.25, 0.3) is 0 Å². The number of allylic oxidation sites excluding steroid dienone is 1. The van der Waals surface area contributed by atoms with Crippen LogP contribution in [0.15, 0.2) is 11.1 Å². The van der Waals surface area contributed by atoms with Gasteiger partial charge in [0, 0.05) is 12.5 Å². The van der Waals surface area contributed by atoms with E-state index >= 15 is 0 Å². The highest BCUT2D eigenvalue weighted by atomic mass is 16.3. The van der Waals surface area contributed by atoms with Gasteiger partial charge in [-0.15, -0.1) is 0 Å². The van der Waals surface area contributed by atoms with Crippen LogP contribution in [-0.4, -0.2) is 11.7 Å². The maximum Gasteiger partial charge on any atom is 0.0496 e. The van der Waals surface area contributed by atoms with E-state index in [-0.39, 0.29) is 0 Å². The van der Waals surface area contributed by atoms with Crippen LogP contribution in [0.2, 0.25) is 0 Å². The second-order valence-electron chi connectivity index (χ2n) is 8.82. The van der Waals surface area contributed by atoms with Crippen LogP contribution < -0.4 is 0 Å². The van der Waals surface area contributed by atoms with E-state index in [1.54, 1.807) is 11.1 Å². The Morgan fingerprint density at radius 2 is 1.90 bits per heavy atom. The molecular weight excluding hydrogens is 244 g/mol. The molecule has 2 bridgehead atoms. The summed E-state index contributed by atoms with van der Waals surface area (Å²) in [5.41, 5.74) is 4.72. The maximum atomic E-state index is 9.83. The van der Waals surface area contributed by atoms with E-state index in [1.807, 2.05) is 0 Å². The van der Waals surface area contributed by atoms with Gasteiger partial charge >= 0.3 is 0 Å². The zero-order valence-corrected chi connectivity index (χ0v) is 14.1. The molecule has 3 rings (SSSR count). The van der Waals surface area contributed by atoms with E-state index < -0.39 is 0 Å². The Labute approximate surface area is 124 Å². The van der Waals surface area contributed by atoms with Gasteiger partial charge in [0.1, 0.15) is 0 Å². The molecule has 1 spiro atoms. The molecule has 0 aromatic carbocycles.